The average Bonchev–Trinajstić information content (AvgIpc) is 2.42. The van der Waals surface area contributed by atoms with Gasteiger partial charge < -0.3 is 0 Å². The number of rotatable bonds is 2. The van der Waals surface area contributed by atoms with E-state index in [9.17, 15) is 8.42 Å². The quantitative estimate of drug-likeness (QED) is 0.532. The van der Waals surface area contributed by atoms with Crippen LogP contribution in [0.3, 0.4) is 0 Å². The number of fused-ring (bicyclic) bond motifs is 2. The molecule has 84 valence electrons. The molecule has 0 saturated heterocycles. The molecule has 3 aliphatic rings. The first kappa shape index (κ1) is 9.85. The Morgan fingerprint density at radius 2 is 1.73 bits per heavy atom. The molecule has 0 aromatic rings. The fraction of sp³-hybridized carbons (Fsp3) is 0.818. The molecule has 0 heterocycles. The summed E-state index contributed by atoms with van der Waals surface area (Å²) in [6.07, 6.45) is 8.94. The minimum atomic E-state index is -3.31. The van der Waals surface area contributed by atoms with Crippen molar-refractivity contribution in [3.63, 3.8) is 0 Å². The maximum atomic E-state index is 11.2. The van der Waals surface area contributed by atoms with Crippen LogP contribution in [0.1, 0.15) is 19.3 Å². The molecule has 5 atom stereocenters. The maximum Gasteiger partial charge on any atom is 0.264 e. The van der Waals surface area contributed by atoms with Gasteiger partial charge in [-0.05, 0) is 37.0 Å². The molecule has 3 bridgehead atoms. The van der Waals surface area contributed by atoms with Gasteiger partial charge in [-0.1, -0.05) is 12.2 Å². The topological polar surface area (TPSA) is 43.4 Å². The van der Waals surface area contributed by atoms with Gasteiger partial charge in [-0.15, -0.1) is 0 Å². The van der Waals surface area contributed by atoms with E-state index < -0.39 is 10.1 Å². The van der Waals surface area contributed by atoms with E-state index in [0.29, 0.717) is 17.8 Å². The standard InChI is InChI=1S/C11H16O3S/c1-15(12,13)14-11-8-3-2-7-4-10(11)6-9(7)5-8/h2-3,7-11H,4-6H2,1H3/t7?,8?,9?,10?,11-/m0/s1. The molecule has 0 radical (unpaired) electrons. The molecular weight excluding hydrogens is 212 g/mol. The first-order valence-electron chi connectivity index (χ1n) is 5.59. The number of hydrogen-bond donors (Lipinski definition) is 0. The molecule has 2 fully saturated rings. The van der Waals surface area contributed by atoms with E-state index in [4.69, 9.17) is 4.18 Å². The molecule has 3 rings (SSSR count). The Kier molecular flexibility index (Phi) is 2.02. The highest BCUT2D eigenvalue weighted by atomic mass is 32.2. The zero-order valence-electron chi connectivity index (χ0n) is 8.80. The lowest BCUT2D eigenvalue weighted by molar-refractivity contribution is 0.0688. The molecule has 0 amide bonds. The van der Waals surface area contributed by atoms with Crippen LogP contribution < -0.4 is 0 Å². The first-order chi connectivity index (χ1) is 7.03. The highest BCUT2D eigenvalue weighted by Crippen LogP contribution is 2.53. The summed E-state index contributed by atoms with van der Waals surface area (Å²) in [7, 11) is -3.31. The van der Waals surface area contributed by atoms with Crippen molar-refractivity contribution < 1.29 is 12.6 Å². The van der Waals surface area contributed by atoms with Gasteiger partial charge in [0.25, 0.3) is 10.1 Å². The Hall–Kier alpha value is -0.350. The minimum Gasteiger partial charge on any atom is -0.266 e. The number of allylic oxidation sites excluding steroid dienone is 1. The molecule has 0 aromatic carbocycles. The van der Waals surface area contributed by atoms with Crippen LogP contribution in [0.4, 0.5) is 0 Å². The van der Waals surface area contributed by atoms with E-state index in [0.717, 1.165) is 31.4 Å². The monoisotopic (exact) mass is 228 g/mol. The van der Waals surface area contributed by atoms with Gasteiger partial charge in [0.1, 0.15) is 0 Å². The molecule has 3 aliphatic carbocycles. The second-order valence-corrected chi connectivity index (χ2v) is 6.81. The van der Waals surface area contributed by atoms with Gasteiger partial charge in [-0.25, -0.2) is 0 Å². The summed E-state index contributed by atoms with van der Waals surface area (Å²) in [6, 6.07) is 0. The van der Waals surface area contributed by atoms with Gasteiger partial charge in [0.15, 0.2) is 0 Å². The number of hydrogen-bond acceptors (Lipinski definition) is 3. The summed E-state index contributed by atoms with van der Waals surface area (Å²) >= 11 is 0. The van der Waals surface area contributed by atoms with Crippen LogP contribution in [0.2, 0.25) is 0 Å². The zero-order chi connectivity index (χ0) is 10.6. The van der Waals surface area contributed by atoms with Crippen LogP contribution in [0.25, 0.3) is 0 Å². The SMILES string of the molecule is CS(=O)(=O)O[C@H]1C2C=CC3CC1CC3C2. The molecule has 3 nitrogen and oxygen atoms in total. The predicted molar refractivity (Wildman–Crippen MR) is 56.7 cm³/mol. The predicted octanol–water partition coefficient (Wildman–Crippen LogP) is 1.56. The average molecular weight is 228 g/mol. The van der Waals surface area contributed by atoms with Gasteiger partial charge >= 0.3 is 0 Å². The molecule has 2 saturated carbocycles. The highest BCUT2D eigenvalue weighted by Gasteiger charge is 2.49. The zero-order valence-corrected chi connectivity index (χ0v) is 9.61. The van der Waals surface area contributed by atoms with Crippen molar-refractivity contribution in [1.29, 1.82) is 0 Å². The van der Waals surface area contributed by atoms with Crippen molar-refractivity contribution >= 4 is 10.1 Å². The van der Waals surface area contributed by atoms with Crippen LogP contribution in [0.5, 0.6) is 0 Å². The molecule has 4 unspecified atom stereocenters. The summed E-state index contributed by atoms with van der Waals surface area (Å²) in [4.78, 5) is 0. The van der Waals surface area contributed by atoms with E-state index in [1.165, 1.54) is 0 Å². The van der Waals surface area contributed by atoms with E-state index in [2.05, 4.69) is 12.2 Å². The van der Waals surface area contributed by atoms with E-state index in [-0.39, 0.29) is 6.10 Å². The molecule has 15 heavy (non-hydrogen) atoms. The largest absolute Gasteiger partial charge is 0.266 e. The normalized spacial score (nSPS) is 47.4. The summed E-state index contributed by atoms with van der Waals surface area (Å²) in [6.45, 7) is 0. The van der Waals surface area contributed by atoms with Gasteiger partial charge in [0.2, 0.25) is 0 Å². The lowest BCUT2D eigenvalue weighted by Crippen LogP contribution is -2.36. The molecule has 0 aliphatic heterocycles. The Morgan fingerprint density at radius 1 is 1.07 bits per heavy atom. The van der Waals surface area contributed by atoms with Crippen LogP contribution in [0, 0.1) is 23.7 Å². The molecular formula is C11H16O3S. The first-order valence-corrected chi connectivity index (χ1v) is 7.41. The maximum absolute atomic E-state index is 11.2. The van der Waals surface area contributed by atoms with Crippen molar-refractivity contribution in [2.24, 2.45) is 23.7 Å². The Labute approximate surface area is 90.6 Å². The molecule has 4 heteroatoms. The van der Waals surface area contributed by atoms with Crippen LogP contribution in [0.15, 0.2) is 12.2 Å². The summed E-state index contributed by atoms with van der Waals surface area (Å²) in [5.41, 5.74) is 0. The summed E-state index contributed by atoms with van der Waals surface area (Å²) < 4.78 is 27.7. The molecule has 0 spiro atoms. The van der Waals surface area contributed by atoms with Crippen molar-refractivity contribution in [1.82, 2.24) is 0 Å². The van der Waals surface area contributed by atoms with Crippen LogP contribution in [-0.4, -0.2) is 20.8 Å². The second-order valence-electron chi connectivity index (χ2n) is 5.20. The second kappa shape index (κ2) is 3.08. The third-order valence-corrected chi connectivity index (χ3v) is 4.71. The van der Waals surface area contributed by atoms with Gasteiger partial charge in [-0.2, -0.15) is 8.42 Å². The van der Waals surface area contributed by atoms with Crippen molar-refractivity contribution in [3.8, 4) is 0 Å². The Morgan fingerprint density at radius 3 is 2.47 bits per heavy atom. The van der Waals surface area contributed by atoms with Gasteiger partial charge in [0.05, 0.1) is 12.4 Å². The van der Waals surface area contributed by atoms with Crippen LogP contribution in [-0.2, 0) is 14.3 Å². The minimum absolute atomic E-state index is 0.0833. The smallest absolute Gasteiger partial charge is 0.264 e. The summed E-state index contributed by atoms with van der Waals surface area (Å²) in [5, 5.41) is 0. The fourth-order valence-electron chi connectivity index (χ4n) is 3.64. The van der Waals surface area contributed by atoms with Crippen molar-refractivity contribution in [2.45, 2.75) is 25.4 Å². The van der Waals surface area contributed by atoms with E-state index in [1.807, 2.05) is 0 Å². The van der Waals surface area contributed by atoms with Crippen LogP contribution >= 0.6 is 0 Å². The van der Waals surface area contributed by atoms with E-state index in [1.54, 1.807) is 0 Å². The van der Waals surface area contributed by atoms with E-state index >= 15 is 0 Å². The lowest BCUT2D eigenvalue weighted by Gasteiger charge is -2.36. The third kappa shape index (κ3) is 1.64. The molecule has 0 aromatic heterocycles. The summed E-state index contributed by atoms with van der Waals surface area (Å²) in [5.74, 6) is 2.29. The third-order valence-electron chi connectivity index (χ3n) is 4.14. The van der Waals surface area contributed by atoms with Crippen molar-refractivity contribution in [2.75, 3.05) is 6.26 Å². The molecule has 0 N–H and O–H groups in total. The van der Waals surface area contributed by atoms with Gasteiger partial charge in [-0.3, -0.25) is 4.18 Å². The lowest BCUT2D eigenvalue weighted by atomic mass is 9.74. The fourth-order valence-corrected chi connectivity index (χ4v) is 4.34. The Balaban J connectivity index is 1.88. The van der Waals surface area contributed by atoms with Crippen molar-refractivity contribution in [3.05, 3.63) is 12.2 Å². The highest BCUT2D eigenvalue weighted by molar-refractivity contribution is 7.86. The van der Waals surface area contributed by atoms with Gasteiger partial charge in [0, 0.05) is 5.92 Å². The Bertz CT molecular complexity index is 398.